The molecule has 1 amide bonds. The average Bonchev–Trinajstić information content (AvgIpc) is 2.66. The molecular formula is C20H25NO5. The Bertz CT molecular complexity index is 575. The minimum Gasteiger partial charge on any atom is -0.465 e. The molecule has 0 saturated heterocycles. The highest BCUT2D eigenvalue weighted by Gasteiger charge is 2.11. The monoisotopic (exact) mass is 359 g/mol. The fourth-order valence-electron chi connectivity index (χ4n) is 2.29. The largest absolute Gasteiger partial charge is 0.465 e. The summed E-state index contributed by atoms with van der Waals surface area (Å²) in [6, 6.07) is 19.8. The van der Waals surface area contributed by atoms with Gasteiger partial charge in [-0.15, -0.1) is 0 Å². The van der Waals surface area contributed by atoms with E-state index < -0.39 is 6.09 Å². The Morgan fingerprint density at radius 3 is 1.85 bits per heavy atom. The van der Waals surface area contributed by atoms with Crippen molar-refractivity contribution in [3.8, 4) is 0 Å². The molecule has 0 unspecified atom stereocenters. The molecule has 0 atom stereocenters. The van der Waals surface area contributed by atoms with Gasteiger partial charge in [-0.2, -0.15) is 0 Å². The molecule has 0 bridgehead atoms. The van der Waals surface area contributed by atoms with Crippen LogP contribution in [0.4, 0.5) is 4.79 Å². The van der Waals surface area contributed by atoms with Gasteiger partial charge in [0, 0.05) is 6.54 Å². The fourth-order valence-corrected chi connectivity index (χ4v) is 2.29. The molecule has 0 aromatic heterocycles. The van der Waals surface area contributed by atoms with Crippen molar-refractivity contribution in [2.75, 3.05) is 26.4 Å². The molecule has 6 nitrogen and oxygen atoms in total. The van der Waals surface area contributed by atoms with Gasteiger partial charge in [0.2, 0.25) is 0 Å². The first-order valence-electron chi connectivity index (χ1n) is 8.56. The fraction of sp³-hybridized carbons (Fsp3) is 0.350. The number of rotatable bonds is 12. The Morgan fingerprint density at radius 2 is 1.38 bits per heavy atom. The Hall–Kier alpha value is -2.41. The summed E-state index contributed by atoms with van der Waals surface area (Å²) in [5.74, 6) is 0. The van der Waals surface area contributed by atoms with Crippen LogP contribution in [0.15, 0.2) is 60.7 Å². The van der Waals surface area contributed by atoms with E-state index in [1.54, 1.807) is 0 Å². The summed E-state index contributed by atoms with van der Waals surface area (Å²) in [5, 5.41) is 10.9. The van der Waals surface area contributed by atoms with Crippen molar-refractivity contribution in [2.24, 2.45) is 0 Å². The second-order valence-electron chi connectivity index (χ2n) is 5.73. The maximum absolute atomic E-state index is 10.5. The first-order valence-corrected chi connectivity index (χ1v) is 8.56. The first kappa shape index (κ1) is 19.9. The highest BCUT2D eigenvalue weighted by Crippen LogP contribution is 2.05. The van der Waals surface area contributed by atoms with E-state index in [2.05, 4.69) is 5.32 Å². The van der Waals surface area contributed by atoms with Crippen LogP contribution in [0.25, 0.3) is 0 Å². The summed E-state index contributed by atoms with van der Waals surface area (Å²) in [7, 11) is 0. The summed E-state index contributed by atoms with van der Waals surface area (Å²) in [6.07, 6.45) is -1.33. The number of carbonyl (C=O) groups is 1. The molecule has 2 aromatic carbocycles. The Labute approximate surface area is 153 Å². The van der Waals surface area contributed by atoms with Crippen LogP contribution in [-0.2, 0) is 27.4 Å². The highest BCUT2D eigenvalue weighted by molar-refractivity contribution is 5.64. The van der Waals surface area contributed by atoms with Gasteiger partial charge < -0.3 is 24.6 Å². The molecule has 2 aromatic rings. The maximum Gasteiger partial charge on any atom is 0.404 e. The van der Waals surface area contributed by atoms with Crippen LogP contribution in [0, 0.1) is 0 Å². The minimum absolute atomic E-state index is 0.225. The topological polar surface area (TPSA) is 77.0 Å². The molecule has 0 saturated carbocycles. The van der Waals surface area contributed by atoms with Gasteiger partial charge in [0.05, 0.1) is 33.0 Å². The van der Waals surface area contributed by atoms with Crippen molar-refractivity contribution in [3.63, 3.8) is 0 Å². The summed E-state index contributed by atoms with van der Waals surface area (Å²) < 4.78 is 17.1. The Morgan fingerprint density at radius 1 is 0.885 bits per heavy atom. The van der Waals surface area contributed by atoms with E-state index in [1.165, 1.54) is 0 Å². The van der Waals surface area contributed by atoms with E-state index in [9.17, 15) is 4.79 Å². The van der Waals surface area contributed by atoms with Crippen molar-refractivity contribution < 1.29 is 24.1 Å². The van der Waals surface area contributed by atoms with Gasteiger partial charge in [0.25, 0.3) is 0 Å². The predicted octanol–water partition coefficient (Wildman–Crippen LogP) is 3.07. The van der Waals surface area contributed by atoms with Crippen LogP contribution in [0.3, 0.4) is 0 Å². The van der Waals surface area contributed by atoms with Crippen LogP contribution in [0.1, 0.15) is 11.1 Å². The molecule has 0 aliphatic carbocycles. The van der Waals surface area contributed by atoms with Gasteiger partial charge in [-0.3, -0.25) is 0 Å². The van der Waals surface area contributed by atoms with E-state index in [4.69, 9.17) is 19.3 Å². The van der Waals surface area contributed by atoms with E-state index >= 15 is 0 Å². The lowest BCUT2D eigenvalue weighted by Crippen LogP contribution is -2.31. The quantitative estimate of drug-likeness (QED) is 0.570. The third-order valence-electron chi connectivity index (χ3n) is 3.56. The molecule has 0 fully saturated rings. The molecule has 26 heavy (non-hydrogen) atoms. The zero-order chi connectivity index (χ0) is 18.5. The zero-order valence-electron chi connectivity index (χ0n) is 14.7. The maximum atomic E-state index is 10.5. The highest BCUT2D eigenvalue weighted by atomic mass is 16.6. The van der Waals surface area contributed by atoms with Gasteiger partial charge in [-0.1, -0.05) is 60.7 Å². The lowest BCUT2D eigenvalue weighted by Gasteiger charge is -2.18. The normalized spacial score (nSPS) is 10.8. The van der Waals surface area contributed by atoms with Gasteiger partial charge in [0.1, 0.15) is 6.10 Å². The number of carboxylic acid groups (broad SMARTS) is 1. The molecule has 0 spiro atoms. The Kier molecular flexibility index (Phi) is 9.21. The smallest absolute Gasteiger partial charge is 0.404 e. The number of hydrogen-bond donors (Lipinski definition) is 2. The lowest BCUT2D eigenvalue weighted by atomic mass is 10.2. The van der Waals surface area contributed by atoms with Crippen molar-refractivity contribution >= 4 is 6.09 Å². The van der Waals surface area contributed by atoms with Crippen LogP contribution >= 0.6 is 0 Å². The minimum atomic E-state index is -1.06. The average molecular weight is 359 g/mol. The van der Waals surface area contributed by atoms with E-state index in [0.717, 1.165) is 11.1 Å². The summed E-state index contributed by atoms with van der Waals surface area (Å²) in [5.41, 5.74) is 2.17. The molecule has 2 N–H and O–H groups in total. The lowest BCUT2D eigenvalue weighted by molar-refractivity contribution is -0.0652. The second-order valence-corrected chi connectivity index (χ2v) is 5.73. The Balaban J connectivity index is 1.73. The van der Waals surface area contributed by atoms with E-state index in [-0.39, 0.29) is 19.3 Å². The van der Waals surface area contributed by atoms with E-state index in [1.807, 2.05) is 60.7 Å². The van der Waals surface area contributed by atoms with Gasteiger partial charge in [-0.25, -0.2) is 4.79 Å². The number of nitrogens with one attached hydrogen (secondary N) is 1. The zero-order valence-corrected chi connectivity index (χ0v) is 14.7. The van der Waals surface area contributed by atoms with Crippen molar-refractivity contribution in [2.45, 2.75) is 19.3 Å². The molecule has 140 valence electrons. The molecule has 0 heterocycles. The number of benzene rings is 2. The van der Waals surface area contributed by atoms with Crippen LogP contribution < -0.4 is 5.32 Å². The standard InChI is InChI=1S/C20H25NO5/c22-20(23)21-11-12-26-19(15-24-13-17-7-3-1-4-8-17)16-25-14-18-9-5-2-6-10-18/h1-10,19,21H,11-16H2,(H,22,23). The van der Waals surface area contributed by atoms with Crippen molar-refractivity contribution in [3.05, 3.63) is 71.8 Å². The van der Waals surface area contributed by atoms with Gasteiger partial charge in [0.15, 0.2) is 0 Å². The van der Waals surface area contributed by atoms with Crippen molar-refractivity contribution in [1.82, 2.24) is 5.32 Å². The van der Waals surface area contributed by atoms with Crippen LogP contribution in [-0.4, -0.2) is 43.7 Å². The number of amides is 1. The summed E-state index contributed by atoms with van der Waals surface area (Å²) in [4.78, 5) is 10.5. The van der Waals surface area contributed by atoms with Crippen LogP contribution in [0.2, 0.25) is 0 Å². The SMILES string of the molecule is O=C(O)NCCOC(COCc1ccccc1)COCc1ccccc1. The predicted molar refractivity (Wildman–Crippen MR) is 98.0 cm³/mol. The van der Waals surface area contributed by atoms with Gasteiger partial charge >= 0.3 is 6.09 Å². The molecule has 0 radical (unpaired) electrons. The second kappa shape index (κ2) is 12.0. The summed E-state index contributed by atoms with van der Waals surface area (Å²) in [6.45, 7) is 2.22. The number of ether oxygens (including phenoxy) is 3. The van der Waals surface area contributed by atoms with Gasteiger partial charge in [-0.05, 0) is 11.1 Å². The number of hydrogen-bond acceptors (Lipinski definition) is 4. The molecular weight excluding hydrogens is 334 g/mol. The third kappa shape index (κ3) is 8.62. The summed E-state index contributed by atoms with van der Waals surface area (Å²) >= 11 is 0. The first-order chi connectivity index (χ1) is 12.7. The molecule has 2 rings (SSSR count). The molecule has 6 heteroatoms. The van der Waals surface area contributed by atoms with Crippen molar-refractivity contribution in [1.29, 1.82) is 0 Å². The molecule has 0 aliphatic heterocycles. The van der Waals surface area contributed by atoms with E-state index in [0.29, 0.717) is 26.4 Å². The third-order valence-corrected chi connectivity index (χ3v) is 3.56. The van der Waals surface area contributed by atoms with Crippen LogP contribution in [0.5, 0.6) is 0 Å². The molecule has 0 aliphatic rings.